The molecular weight excluding hydrogens is 248 g/mol. The van der Waals surface area contributed by atoms with Crippen LogP contribution in [0.25, 0.3) is 0 Å². The summed E-state index contributed by atoms with van der Waals surface area (Å²) in [6, 6.07) is 3.46. The molecule has 1 aromatic rings. The molecule has 0 saturated heterocycles. The Morgan fingerprint density at radius 2 is 2.22 bits per heavy atom. The summed E-state index contributed by atoms with van der Waals surface area (Å²) < 4.78 is 0. The highest BCUT2D eigenvalue weighted by Gasteiger charge is 2.07. The first-order valence-corrected chi connectivity index (χ1v) is 7.41. The fraction of sp³-hybridized carbons (Fsp3) is 0.583. The molecule has 100 valence electrons. The highest BCUT2D eigenvalue weighted by molar-refractivity contribution is 7.98. The summed E-state index contributed by atoms with van der Waals surface area (Å²) in [5.74, 6) is 2.20. The van der Waals surface area contributed by atoms with Gasteiger partial charge in [-0.15, -0.1) is 10.2 Å². The zero-order valence-corrected chi connectivity index (χ0v) is 11.9. The lowest BCUT2D eigenvalue weighted by Crippen LogP contribution is -2.24. The third kappa shape index (κ3) is 4.91. The molecule has 0 fully saturated rings. The standard InChI is InChI=1S/C12H20N4OS/c1-4-13-12(17)10-5-6-11(16-15-10)14-7-9(2)8-18-3/h5-6,9H,4,7-8H2,1-3H3,(H,13,17)(H,14,16). The van der Waals surface area contributed by atoms with E-state index in [2.05, 4.69) is 34.0 Å². The third-order valence-corrected chi connectivity index (χ3v) is 3.22. The number of aromatic nitrogens is 2. The number of nitrogens with one attached hydrogen (secondary N) is 2. The number of amides is 1. The molecule has 0 bridgehead atoms. The molecule has 5 nitrogen and oxygen atoms in total. The van der Waals surface area contributed by atoms with Crippen molar-refractivity contribution < 1.29 is 4.79 Å². The van der Waals surface area contributed by atoms with Crippen LogP contribution < -0.4 is 10.6 Å². The van der Waals surface area contributed by atoms with Crippen LogP contribution in [-0.2, 0) is 0 Å². The molecule has 0 aliphatic rings. The molecule has 0 aliphatic carbocycles. The molecule has 18 heavy (non-hydrogen) atoms. The number of carbonyl (C=O) groups is 1. The Morgan fingerprint density at radius 1 is 1.44 bits per heavy atom. The average molecular weight is 268 g/mol. The lowest BCUT2D eigenvalue weighted by Gasteiger charge is -2.11. The molecule has 0 spiro atoms. The van der Waals surface area contributed by atoms with Crippen molar-refractivity contribution in [3.8, 4) is 0 Å². The van der Waals surface area contributed by atoms with E-state index in [1.807, 2.05) is 18.7 Å². The van der Waals surface area contributed by atoms with E-state index in [9.17, 15) is 4.79 Å². The molecule has 1 aromatic heterocycles. The average Bonchev–Trinajstić information content (AvgIpc) is 2.37. The summed E-state index contributed by atoms with van der Waals surface area (Å²) in [5.41, 5.74) is 0.347. The van der Waals surface area contributed by atoms with Crippen LogP contribution in [-0.4, -0.2) is 41.2 Å². The Labute approximate surface area is 112 Å². The van der Waals surface area contributed by atoms with Gasteiger partial charge in [0.1, 0.15) is 5.82 Å². The van der Waals surface area contributed by atoms with E-state index in [4.69, 9.17) is 0 Å². The second-order valence-corrected chi connectivity index (χ2v) is 5.02. The Bertz CT molecular complexity index is 369. The van der Waals surface area contributed by atoms with E-state index < -0.39 is 0 Å². The van der Waals surface area contributed by atoms with E-state index in [1.165, 1.54) is 0 Å². The maximum absolute atomic E-state index is 11.5. The monoisotopic (exact) mass is 268 g/mol. The van der Waals surface area contributed by atoms with Gasteiger partial charge in [0, 0.05) is 13.1 Å². The van der Waals surface area contributed by atoms with Gasteiger partial charge in [0.25, 0.3) is 5.91 Å². The second-order valence-electron chi connectivity index (χ2n) is 4.10. The molecule has 1 heterocycles. The largest absolute Gasteiger partial charge is 0.368 e. The summed E-state index contributed by atoms with van der Waals surface area (Å²) in [4.78, 5) is 11.5. The van der Waals surface area contributed by atoms with Crippen LogP contribution in [0, 0.1) is 5.92 Å². The molecule has 1 atom stereocenters. The van der Waals surface area contributed by atoms with E-state index in [0.29, 0.717) is 24.0 Å². The Morgan fingerprint density at radius 3 is 2.78 bits per heavy atom. The van der Waals surface area contributed by atoms with Gasteiger partial charge >= 0.3 is 0 Å². The van der Waals surface area contributed by atoms with Crippen molar-refractivity contribution in [1.82, 2.24) is 15.5 Å². The van der Waals surface area contributed by atoms with Crippen molar-refractivity contribution in [3.63, 3.8) is 0 Å². The predicted octanol–water partition coefficient (Wildman–Crippen LogP) is 1.64. The maximum atomic E-state index is 11.5. The Kier molecular flexibility index (Phi) is 6.49. The minimum atomic E-state index is -0.188. The van der Waals surface area contributed by atoms with Crippen molar-refractivity contribution in [3.05, 3.63) is 17.8 Å². The maximum Gasteiger partial charge on any atom is 0.271 e. The van der Waals surface area contributed by atoms with E-state index in [0.717, 1.165) is 12.3 Å². The van der Waals surface area contributed by atoms with Gasteiger partial charge in [-0.25, -0.2) is 0 Å². The molecule has 0 radical (unpaired) electrons. The molecule has 0 aromatic carbocycles. The van der Waals surface area contributed by atoms with E-state index in [1.54, 1.807) is 12.1 Å². The summed E-state index contributed by atoms with van der Waals surface area (Å²) in [7, 11) is 0. The zero-order chi connectivity index (χ0) is 13.4. The predicted molar refractivity (Wildman–Crippen MR) is 76.1 cm³/mol. The van der Waals surface area contributed by atoms with Gasteiger partial charge in [0.15, 0.2) is 5.69 Å². The number of rotatable bonds is 7. The van der Waals surface area contributed by atoms with Crippen molar-refractivity contribution >= 4 is 23.5 Å². The summed E-state index contributed by atoms with van der Waals surface area (Å²) in [6.45, 7) is 5.50. The first kappa shape index (κ1) is 14.8. The van der Waals surface area contributed by atoms with Gasteiger partial charge in [-0.1, -0.05) is 6.92 Å². The van der Waals surface area contributed by atoms with Gasteiger partial charge in [0.05, 0.1) is 0 Å². The van der Waals surface area contributed by atoms with Crippen LogP contribution in [0.3, 0.4) is 0 Å². The fourth-order valence-corrected chi connectivity index (χ4v) is 2.11. The highest BCUT2D eigenvalue weighted by atomic mass is 32.2. The van der Waals surface area contributed by atoms with Crippen molar-refractivity contribution in [1.29, 1.82) is 0 Å². The topological polar surface area (TPSA) is 66.9 Å². The number of hydrogen-bond donors (Lipinski definition) is 2. The van der Waals surface area contributed by atoms with Gasteiger partial charge in [-0.2, -0.15) is 11.8 Å². The van der Waals surface area contributed by atoms with Gasteiger partial charge in [-0.3, -0.25) is 4.79 Å². The van der Waals surface area contributed by atoms with Crippen LogP contribution in [0.5, 0.6) is 0 Å². The van der Waals surface area contributed by atoms with Crippen molar-refractivity contribution in [2.75, 3.05) is 30.4 Å². The number of nitrogens with zero attached hydrogens (tertiary/aromatic N) is 2. The molecule has 2 N–H and O–H groups in total. The molecule has 1 unspecified atom stereocenters. The van der Waals surface area contributed by atoms with Crippen LogP contribution in [0.4, 0.5) is 5.82 Å². The molecule has 1 rings (SSSR count). The minimum Gasteiger partial charge on any atom is -0.368 e. The van der Waals surface area contributed by atoms with Gasteiger partial charge in [-0.05, 0) is 37.0 Å². The van der Waals surface area contributed by atoms with E-state index in [-0.39, 0.29) is 5.91 Å². The fourth-order valence-electron chi connectivity index (χ4n) is 1.42. The van der Waals surface area contributed by atoms with Crippen LogP contribution in [0.1, 0.15) is 24.3 Å². The smallest absolute Gasteiger partial charge is 0.271 e. The first-order chi connectivity index (χ1) is 8.67. The first-order valence-electron chi connectivity index (χ1n) is 6.02. The number of carbonyl (C=O) groups excluding carboxylic acids is 1. The van der Waals surface area contributed by atoms with E-state index >= 15 is 0 Å². The quantitative estimate of drug-likeness (QED) is 0.787. The zero-order valence-electron chi connectivity index (χ0n) is 11.1. The molecule has 0 saturated carbocycles. The number of thioether (sulfide) groups is 1. The van der Waals surface area contributed by atoms with Gasteiger partial charge in [0.2, 0.25) is 0 Å². The number of hydrogen-bond acceptors (Lipinski definition) is 5. The van der Waals surface area contributed by atoms with Crippen molar-refractivity contribution in [2.45, 2.75) is 13.8 Å². The summed E-state index contributed by atoms with van der Waals surface area (Å²) >= 11 is 1.83. The van der Waals surface area contributed by atoms with Crippen LogP contribution in [0.15, 0.2) is 12.1 Å². The lowest BCUT2D eigenvalue weighted by molar-refractivity contribution is 0.0950. The molecular formula is C12H20N4OS. The normalized spacial score (nSPS) is 11.9. The Balaban J connectivity index is 2.47. The number of anilines is 1. The molecule has 0 aliphatic heterocycles. The Hall–Kier alpha value is -1.30. The third-order valence-electron chi connectivity index (χ3n) is 2.32. The van der Waals surface area contributed by atoms with Crippen LogP contribution >= 0.6 is 11.8 Å². The molecule has 6 heteroatoms. The van der Waals surface area contributed by atoms with Crippen molar-refractivity contribution in [2.24, 2.45) is 5.92 Å². The molecule has 1 amide bonds. The minimum absolute atomic E-state index is 0.188. The summed E-state index contributed by atoms with van der Waals surface area (Å²) in [5, 5.41) is 13.8. The lowest BCUT2D eigenvalue weighted by atomic mass is 10.2. The summed E-state index contributed by atoms with van der Waals surface area (Å²) in [6.07, 6.45) is 2.09. The highest BCUT2D eigenvalue weighted by Crippen LogP contribution is 2.07. The van der Waals surface area contributed by atoms with Crippen LogP contribution in [0.2, 0.25) is 0 Å². The van der Waals surface area contributed by atoms with Gasteiger partial charge < -0.3 is 10.6 Å². The SMILES string of the molecule is CCNC(=O)c1ccc(NCC(C)CSC)nn1. The second kappa shape index (κ2) is 7.92.